The number of nitrogens with one attached hydrogen (secondary N) is 1. The van der Waals surface area contributed by atoms with Crippen molar-refractivity contribution in [1.29, 1.82) is 0 Å². The van der Waals surface area contributed by atoms with E-state index in [1.54, 1.807) is 6.20 Å². The molecular weight excluding hydrogens is 250 g/mol. The van der Waals surface area contributed by atoms with Gasteiger partial charge in [-0.25, -0.2) is 4.98 Å². The molecule has 0 aromatic carbocycles. The Hall–Kier alpha value is -1.58. The molecule has 1 amide bonds. The summed E-state index contributed by atoms with van der Waals surface area (Å²) in [6.45, 7) is 8.20. The van der Waals surface area contributed by atoms with E-state index >= 15 is 0 Å². The Bertz CT molecular complexity index is 461. The standard InChI is InChI=1S/C16H25N3O/c1-4-13(3)18-15-10-14(7-8-17-15)16(20)19-9-5-6-12(2)11-19/h7-8,10,12-13H,4-6,9,11H2,1-3H3,(H,17,18). The molecule has 1 aromatic heterocycles. The van der Waals surface area contributed by atoms with Crippen molar-refractivity contribution in [2.75, 3.05) is 18.4 Å². The molecule has 2 unspecified atom stereocenters. The quantitative estimate of drug-likeness (QED) is 0.918. The summed E-state index contributed by atoms with van der Waals surface area (Å²) in [4.78, 5) is 18.8. The lowest BCUT2D eigenvalue weighted by Gasteiger charge is -2.31. The molecule has 1 N–H and O–H groups in total. The maximum Gasteiger partial charge on any atom is 0.254 e. The minimum atomic E-state index is 0.131. The third-order valence-electron chi connectivity index (χ3n) is 3.96. The lowest BCUT2D eigenvalue weighted by molar-refractivity contribution is 0.0683. The second-order valence-corrected chi connectivity index (χ2v) is 5.88. The molecule has 0 bridgehead atoms. The number of hydrogen-bond donors (Lipinski definition) is 1. The average Bonchev–Trinajstić information content (AvgIpc) is 2.46. The lowest BCUT2D eigenvalue weighted by atomic mass is 9.99. The average molecular weight is 275 g/mol. The van der Waals surface area contributed by atoms with Crippen molar-refractivity contribution in [2.24, 2.45) is 5.92 Å². The van der Waals surface area contributed by atoms with Crippen LogP contribution in [0.25, 0.3) is 0 Å². The summed E-state index contributed by atoms with van der Waals surface area (Å²) < 4.78 is 0. The van der Waals surface area contributed by atoms with Crippen LogP contribution in [0.4, 0.5) is 5.82 Å². The summed E-state index contributed by atoms with van der Waals surface area (Å²) in [5.74, 6) is 1.52. The van der Waals surface area contributed by atoms with Gasteiger partial charge in [0.15, 0.2) is 0 Å². The van der Waals surface area contributed by atoms with E-state index < -0.39 is 0 Å². The van der Waals surface area contributed by atoms with Crippen LogP contribution in [0.3, 0.4) is 0 Å². The third-order valence-corrected chi connectivity index (χ3v) is 3.96. The van der Waals surface area contributed by atoms with Gasteiger partial charge < -0.3 is 10.2 Å². The SMILES string of the molecule is CCC(C)Nc1cc(C(=O)N2CCCC(C)C2)ccn1. The summed E-state index contributed by atoms with van der Waals surface area (Å²) in [5.41, 5.74) is 0.736. The molecule has 0 saturated carbocycles. The van der Waals surface area contributed by atoms with Crippen LogP contribution in [0.5, 0.6) is 0 Å². The fourth-order valence-electron chi connectivity index (χ4n) is 2.55. The smallest absolute Gasteiger partial charge is 0.254 e. The first-order valence-corrected chi connectivity index (χ1v) is 7.62. The number of amides is 1. The van der Waals surface area contributed by atoms with E-state index in [9.17, 15) is 4.79 Å². The van der Waals surface area contributed by atoms with Gasteiger partial charge in [0.2, 0.25) is 0 Å². The first kappa shape index (κ1) is 14.8. The van der Waals surface area contributed by atoms with Gasteiger partial charge in [0.05, 0.1) is 0 Å². The number of pyridine rings is 1. The number of rotatable bonds is 4. The topological polar surface area (TPSA) is 45.2 Å². The van der Waals surface area contributed by atoms with E-state index in [2.05, 4.69) is 31.1 Å². The van der Waals surface area contributed by atoms with Gasteiger partial charge in [-0.3, -0.25) is 4.79 Å². The highest BCUT2D eigenvalue weighted by atomic mass is 16.2. The summed E-state index contributed by atoms with van der Waals surface area (Å²) in [6, 6.07) is 4.04. The molecule has 4 nitrogen and oxygen atoms in total. The fraction of sp³-hybridized carbons (Fsp3) is 0.625. The molecular formula is C16H25N3O. The van der Waals surface area contributed by atoms with Crippen molar-refractivity contribution >= 4 is 11.7 Å². The van der Waals surface area contributed by atoms with E-state index in [4.69, 9.17) is 0 Å². The van der Waals surface area contributed by atoms with Gasteiger partial charge in [-0.05, 0) is 44.2 Å². The normalized spacial score (nSPS) is 20.6. The number of carbonyl (C=O) groups excluding carboxylic acids is 1. The van der Waals surface area contributed by atoms with Crippen molar-refractivity contribution in [3.63, 3.8) is 0 Å². The van der Waals surface area contributed by atoms with E-state index in [1.807, 2.05) is 17.0 Å². The molecule has 1 fully saturated rings. The molecule has 2 rings (SSSR count). The largest absolute Gasteiger partial charge is 0.368 e. The first-order valence-electron chi connectivity index (χ1n) is 7.62. The van der Waals surface area contributed by atoms with Crippen molar-refractivity contribution < 1.29 is 4.79 Å². The van der Waals surface area contributed by atoms with Gasteiger partial charge in [-0.1, -0.05) is 13.8 Å². The van der Waals surface area contributed by atoms with Crippen molar-refractivity contribution in [3.8, 4) is 0 Å². The number of piperidine rings is 1. The molecule has 2 heterocycles. The first-order chi connectivity index (χ1) is 9.60. The van der Waals surface area contributed by atoms with Crippen molar-refractivity contribution in [2.45, 2.75) is 46.1 Å². The molecule has 4 heteroatoms. The zero-order valence-corrected chi connectivity index (χ0v) is 12.7. The highest BCUT2D eigenvalue weighted by Gasteiger charge is 2.22. The molecule has 110 valence electrons. The van der Waals surface area contributed by atoms with E-state index in [0.29, 0.717) is 12.0 Å². The number of aromatic nitrogens is 1. The summed E-state index contributed by atoms with van der Waals surface area (Å²) in [7, 11) is 0. The maximum absolute atomic E-state index is 12.5. The number of nitrogens with zero attached hydrogens (tertiary/aromatic N) is 2. The highest BCUT2D eigenvalue weighted by Crippen LogP contribution is 2.19. The Morgan fingerprint density at radius 2 is 2.40 bits per heavy atom. The van der Waals surface area contributed by atoms with Crippen LogP contribution in [0.2, 0.25) is 0 Å². The van der Waals surface area contributed by atoms with Gasteiger partial charge in [0.1, 0.15) is 5.82 Å². The van der Waals surface area contributed by atoms with Gasteiger partial charge in [0.25, 0.3) is 5.91 Å². The third kappa shape index (κ3) is 3.71. The predicted octanol–water partition coefficient (Wildman–Crippen LogP) is 3.16. The zero-order valence-electron chi connectivity index (χ0n) is 12.7. The molecule has 1 saturated heterocycles. The molecule has 0 radical (unpaired) electrons. The minimum absolute atomic E-state index is 0.131. The zero-order chi connectivity index (χ0) is 14.5. The lowest BCUT2D eigenvalue weighted by Crippen LogP contribution is -2.39. The Morgan fingerprint density at radius 1 is 1.60 bits per heavy atom. The van der Waals surface area contributed by atoms with Crippen LogP contribution in [0, 0.1) is 5.92 Å². The number of carbonyl (C=O) groups is 1. The van der Waals surface area contributed by atoms with Crippen LogP contribution in [-0.2, 0) is 0 Å². The van der Waals surface area contributed by atoms with Crippen LogP contribution < -0.4 is 5.32 Å². The molecule has 1 aromatic rings. The minimum Gasteiger partial charge on any atom is -0.368 e. The van der Waals surface area contributed by atoms with Gasteiger partial charge in [-0.2, -0.15) is 0 Å². The fourth-order valence-corrected chi connectivity index (χ4v) is 2.55. The molecule has 1 aliphatic heterocycles. The van der Waals surface area contributed by atoms with Gasteiger partial charge >= 0.3 is 0 Å². The second-order valence-electron chi connectivity index (χ2n) is 5.88. The van der Waals surface area contributed by atoms with Gasteiger partial charge in [0, 0.05) is 30.9 Å². The van der Waals surface area contributed by atoms with Crippen molar-refractivity contribution in [3.05, 3.63) is 23.9 Å². The van der Waals surface area contributed by atoms with Gasteiger partial charge in [-0.15, -0.1) is 0 Å². The molecule has 2 atom stereocenters. The van der Waals surface area contributed by atoms with Crippen molar-refractivity contribution in [1.82, 2.24) is 9.88 Å². The summed E-state index contributed by atoms with van der Waals surface area (Å²) in [6.07, 6.45) is 5.08. The maximum atomic E-state index is 12.5. The number of anilines is 1. The van der Waals surface area contributed by atoms with Crippen LogP contribution in [0.15, 0.2) is 18.3 Å². The van der Waals surface area contributed by atoms with Crippen LogP contribution in [0.1, 0.15) is 50.4 Å². The monoisotopic (exact) mass is 275 g/mol. The highest BCUT2D eigenvalue weighted by molar-refractivity contribution is 5.94. The predicted molar refractivity (Wildman–Crippen MR) is 81.9 cm³/mol. The molecule has 0 aliphatic carbocycles. The van der Waals surface area contributed by atoms with Crippen LogP contribution in [-0.4, -0.2) is 34.9 Å². The van der Waals surface area contributed by atoms with E-state index in [0.717, 1.165) is 37.3 Å². The van der Waals surface area contributed by atoms with Crippen LogP contribution >= 0.6 is 0 Å². The number of likely N-dealkylation sites (tertiary alicyclic amines) is 1. The Labute approximate surface area is 121 Å². The Kier molecular flexibility index (Phi) is 4.99. The molecule has 0 spiro atoms. The summed E-state index contributed by atoms with van der Waals surface area (Å²) in [5, 5.41) is 3.32. The summed E-state index contributed by atoms with van der Waals surface area (Å²) >= 11 is 0. The molecule has 1 aliphatic rings. The van der Waals surface area contributed by atoms with E-state index in [-0.39, 0.29) is 5.91 Å². The molecule has 20 heavy (non-hydrogen) atoms. The second kappa shape index (κ2) is 6.73. The Morgan fingerprint density at radius 3 is 3.10 bits per heavy atom. The van der Waals surface area contributed by atoms with E-state index in [1.165, 1.54) is 6.42 Å². The Balaban J connectivity index is 2.07. The number of hydrogen-bond acceptors (Lipinski definition) is 3.